The third kappa shape index (κ3) is 3.05. The number of urea groups is 1. The van der Waals surface area contributed by atoms with Gasteiger partial charge in [0, 0.05) is 29.8 Å². The molecule has 2 amide bonds. The Morgan fingerprint density at radius 1 is 1.32 bits per heavy atom. The van der Waals surface area contributed by atoms with Gasteiger partial charge < -0.3 is 4.90 Å². The van der Waals surface area contributed by atoms with Crippen LogP contribution in [0.4, 0.5) is 4.79 Å². The molecule has 1 heterocycles. The minimum Gasteiger partial charge on any atom is -0.321 e. The second kappa shape index (κ2) is 5.44. The smallest absolute Gasteiger partial charge is 0.321 e. The lowest BCUT2D eigenvalue weighted by molar-refractivity contribution is -0.111. The van der Waals surface area contributed by atoms with E-state index in [-0.39, 0.29) is 5.78 Å². The number of nitrogens with zero attached hydrogens (tertiary/aromatic N) is 2. The summed E-state index contributed by atoms with van der Waals surface area (Å²) in [5, 5.41) is 9.93. The van der Waals surface area contributed by atoms with Crippen molar-refractivity contribution in [1.82, 2.24) is 9.96 Å². The molecule has 1 aliphatic carbocycles. The van der Waals surface area contributed by atoms with E-state index in [1.54, 1.807) is 25.3 Å². The van der Waals surface area contributed by atoms with Gasteiger partial charge in [-0.05, 0) is 39.7 Å². The lowest BCUT2D eigenvalue weighted by Crippen LogP contribution is -2.41. The van der Waals surface area contributed by atoms with Crippen LogP contribution in [0.5, 0.6) is 0 Å². The number of hydrogen-bond donors (Lipinski definition) is 1. The Kier molecular flexibility index (Phi) is 4.07. The fraction of sp³-hybridized carbons (Fsp3) is 0.167. The Morgan fingerprint density at radius 3 is 2.63 bits per heavy atom. The molecule has 1 N–H and O–H groups in total. The molecule has 0 saturated carbocycles. The maximum absolute atomic E-state index is 11.9. The molecule has 7 heteroatoms. The first kappa shape index (κ1) is 14.2. The van der Waals surface area contributed by atoms with Crippen LogP contribution in [0.25, 0.3) is 0 Å². The first-order valence-corrected chi connectivity index (χ1v) is 6.92. The first-order valence-electron chi connectivity index (χ1n) is 5.33. The van der Waals surface area contributed by atoms with Crippen molar-refractivity contribution in [3.63, 3.8) is 0 Å². The first-order chi connectivity index (χ1) is 8.88. The number of amides is 2. The van der Waals surface area contributed by atoms with Crippen molar-refractivity contribution in [2.24, 2.45) is 0 Å². The van der Waals surface area contributed by atoms with Crippen molar-refractivity contribution in [2.75, 3.05) is 13.6 Å². The molecule has 0 fully saturated rings. The number of ketones is 1. The SMILES string of the molecule is CN1CC(C=C2C=C(Br)C=C(Br)C2=O)=CN(O)C1=O. The largest absolute Gasteiger partial charge is 0.348 e. The summed E-state index contributed by atoms with van der Waals surface area (Å²) in [5.74, 6) is -0.145. The molecule has 0 aromatic heterocycles. The summed E-state index contributed by atoms with van der Waals surface area (Å²) in [4.78, 5) is 24.7. The lowest BCUT2D eigenvalue weighted by Gasteiger charge is -2.27. The molecule has 5 nitrogen and oxygen atoms in total. The normalized spacial score (nSPS) is 22.5. The minimum atomic E-state index is -0.505. The third-order valence-electron chi connectivity index (χ3n) is 2.61. The van der Waals surface area contributed by atoms with Crippen LogP contribution in [-0.4, -0.2) is 40.6 Å². The Bertz CT molecular complexity index is 576. The van der Waals surface area contributed by atoms with Crippen molar-refractivity contribution in [2.45, 2.75) is 0 Å². The molecular formula is C12H10Br2N2O3. The van der Waals surface area contributed by atoms with Gasteiger partial charge in [-0.15, -0.1) is 0 Å². The van der Waals surface area contributed by atoms with Crippen LogP contribution in [-0.2, 0) is 4.79 Å². The summed E-state index contributed by atoms with van der Waals surface area (Å²) in [6.45, 7) is 0.333. The summed E-state index contributed by atoms with van der Waals surface area (Å²) < 4.78 is 1.22. The topological polar surface area (TPSA) is 60.9 Å². The van der Waals surface area contributed by atoms with Gasteiger partial charge >= 0.3 is 6.03 Å². The molecule has 2 rings (SSSR count). The maximum Gasteiger partial charge on any atom is 0.348 e. The second-order valence-corrected chi connectivity index (χ2v) is 5.91. The van der Waals surface area contributed by atoms with Gasteiger partial charge in [0.1, 0.15) is 0 Å². The van der Waals surface area contributed by atoms with Gasteiger partial charge in [0.25, 0.3) is 0 Å². The van der Waals surface area contributed by atoms with E-state index in [0.29, 0.717) is 27.2 Å². The van der Waals surface area contributed by atoms with Crippen LogP contribution in [0.2, 0.25) is 0 Å². The van der Waals surface area contributed by atoms with E-state index < -0.39 is 6.03 Å². The van der Waals surface area contributed by atoms with Crippen LogP contribution >= 0.6 is 31.9 Å². The fourth-order valence-electron chi connectivity index (χ4n) is 1.74. The van der Waals surface area contributed by atoms with E-state index in [0.717, 1.165) is 4.48 Å². The summed E-state index contributed by atoms with van der Waals surface area (Å²) in [6.07, 6.45) is 6.30. The van der Waals surface area contributed by atoms with Crippen molar-refractivity contribution in [3.8, 4) is 0 Å². The summed E-state index contributed by atoms with van der Waals surface area (Å²) in [5.41, 5.74) is 1.13. The number of likely N-dealkylation sites (N-methyl/N-ethyl adjacent to an activating group) is 1. The van der Waals surface area contributed by atoms with Crippen molar-refractivity contribution < 1.29 is 14.8 Å². The molecule has 0 atom stereocenters. The van der Waals surface area contributed by atoms with E-state index in [9.17, 15) is 14.8 Å². The predicted molar refractivity (Wildman–Crippen MR) is 76.8 cm³/mol. The van der Waals surface area contributed by atoms with Gasteiger partial charge in [-0.25, -0.2) is 4.79 Å². The molecule has 100 valence electrons. The van der Waals surface area contributed by atoms with E-state index >= 15 is 0 Å². The number of hydroxylamine groups is 2. The van der Waals surface area contributed by atoms with Gasteiger partial charge in [-0.3, -0.25) is 10.0 Å². The Morgan fingerprint density at radius 2 is 2.00 bits per heavy atom. The summed E-state index contributed by atoms with van der Waals surface area (Å²) >= 11 is 6.50. The lowest BCUT2D eigenvalue weighted by atomic mass is 10.0. The van der Waals surface area contributed by atoms with Crippen LogP contribution in [0.15, 0.2) is 44.5 Å². The van der Waals surface area contributed by atoms with Gasteiger partial charge in [-0.1, -0.05) is 15.9 Å². The van der Waals surface area contributed by atoms with E-state index in [2.05, 4.69) is 31.9 Å². The zero-order valence-corrected chi connectivity index (χ0v) is 13.1. The zero-order valence-electron chi connectivity index (χ0n) is 9.93. The molecule has 0 aromatic carbocycles. The number of carbonyl (C=O) groups is 2. The summed E-state index contributed by atoms with van der Waals surface area (Å²) in [6, 6.07) is -0.505. The van der Waals surface area contributed by atoms with Gasteiger partial charge in [0.05, 0.1) is 4.48 Å². The molecule has 19 heavy (non-hydrogen) atoms. The Labute approximate surface area is 126 Å². The highest BCUT2D eigenvalue weighted by Crippen LogP contribution is 2.27. The van der Waals surface area contributed by atoms with Crippen LogP contribution in [0.1, 0.15) is 0 Å². The Balaban J connectivity index is 2.33. The molecule has 0 saturated heterocycles. The highest BCUT2D eigenvalue weighted by atomic mass is 79.9. The average molecular weight is 390 g/mol. The van der Waals surface area contributed by atoms with Gasteiger partial charge in [-0.2, -0.15) is 5.06 Å². The van der Waals surface area contributed by atoms with Gasteiger partial charge in [0.2, 0.25) is 0 Å². The van der Waals surface area contributed by atoms with Crippen LogP contribution < -0.4 is 0 Å². The molecule has 0 bridgehead atoms. The maximum atomic E-state index is 11.9. The van der Waals surface area contributed by atoms with Crippen LogP contribution in [0, 0.1) is 0 Å². The number of halogens is 2. The minimum absolute atomic E-state index is 0.145. The molecule has 0 radical (unpaired) electrons. The summed E-state index contributed by atoms with van der Waals surface area (Å²) in [7, 11) is 1.57. The molecular weight excluding hydrogens is 380 g/mol. The van der Waals surface area contributed by atoms with Gasteiger partial charge in [0.15, 0.2) is 5.78 Å². The number of rotatable bonds is 1. The molecule has 1 aliphatic heterocycles. The fourth-order valence-corrected chi connectivity index (χ4v) is 3.00. The number of Topliss-reactive ketones (excluding diaryl/α,β-unsaturated/α-hetero) is 1. The third-order valence-corrected chi connectivity index (χ3v) is 3.66. The molecule has 0 aromatic rings. The van der Waals surface area contributed by atoms with Crippen molar-refractivity contribution >= 4 is 43.7 Å². The van der Waals surface area contributed by atoms with Crippen molar-refractivity contribution in [1.29, 1.82) is 0 Å². The average Bonchev–Trinajstić information content (AvgIpc) is 2.32. The number of carbonyl (C=O) groups excluding carboxylic acids is 2. The standard InChI is InChI=1S/C12H10Br2N2O3/c1-15-5-7(6-16(19)12(15)18)2-8-3-9(13)4-10(14)11(8)17/h2-4,6,19H,5H2,1H3. The molecule has 2 aliphatic rings. The van der Waals surface area contributed by atoms with E-state index in [4.69, 9.17) is 0 Å². The second-order valence-electron chi connectivity index (χ2n) is 4.14. The monoisotopic (exact) mass is 388 g/mol. The molecule has 0 spiro atoms. The predicted octanol–water partition coefficient (Wildman–Crippen LogP) is 2.69. The highest BCUT2D eigenvalue weighted by molar-refractivity contribution is 9.12. The quantitative estimate of drug-likeness (QED) is 0.554. The van der Waals surface area contributed by atoms with E-state index in [1.165, 1.54) is 11.1 Å². The van der Waals surface area contributed by atoms with Crippen molar-refractivity contribution in [3.05, 3.63) is 44.5 Å². The molecule has 0 unspecified atom stereocenters. The van der Waals surface area contributed by atoms with Crippen LogP contribution in [0.3, 0.4) is 0 Å². The number of allylic oxidation sites excluding steroid dienone is 5. The van der Waals surface area contributed by atoms with E-state index in [1.807, 2.05) is 0 Å². The Hall–Kier alpha value is -1.18. The highest BCUT2D eigenvalue weighted by Gasteiger charge is 2.23. The number of hydrogen-bond acceptors (Lipinski definition) is 3. The zero-order chi connectivity index (χ0) is 14.2.